The number of hydrogen-bond acceptors (Lipinski definition) is 2. The minimum absolute atomic E-state index is 0.0957. The van der Waals surface area contributed by atoms with Crippen LogP contribution in [0.1, 0.15) is 29.5 Å². The van der Waals surface area contributed by atoms with Gasteiger partial charge in [-0.05, 0) is 37.0 Å². The fourth-order valence-corrected chi connectivity index (χ4v) is 3.66. The van der Waals surface area contributed by atoms with E-state index in [1.165, 1.54) is 22.4 Å². The molecule has 2 unspecified atom stereocenters. The molecule has 4 rings (SSSR count). The van der Waals surface area contributed by atoms with Crippen LogP contribution in [0.4, 0.5) is 5.69 Å². The van der Waals surface area contributed by atoms with Crippen molar-refractivity contribution < 1.29 is 4.79 Å². The summed E-state index contributed by atoms with van der Waals surface area (Å²) >= 11 is 0. The second kappa shape index (κ2) is 6.16. The van der Waals surface area contributed by atoms with E-state index in [0.29, 0.717) is 12.5 Å². The summed E-state index contributed by atoms with van der Waals surface area (Å²) in [5.74, 6) is 0.0957. The second-order valence-corrected chi connectivity index (χ2v) is 6.78. The van der Waals surface area contributed by atoms with E-state index < -0.39 is 0 Å². The molecular formula is C21H22N2O. The van der Waals surface area contributed by atoms with Crippen molar-refractivity contribution >= 4 is 17.2 Å². The highest BCUT2D eigenvalue weighted by molar-refractivity contribution is 5.88. The zero-order chi connectivity index (χ0) is 16.5. The van der Waals surface area contributed by atoms with Crippen molar-refractivity contribution in [3.05, 3.63) is 71.3 Å². The molecule has 24 heavy (non-hydrogen) atoms. The first-order valence-electron chi connectivity index (χ1n) is 8.61. The van der Waals surface area contributed by atoms with Crippen LogP contribution in [-0.4, -0.2) is 18.0 Å². The van der Waals surface area contributed by atoms with Crippen molar-refractivity contribution in [3.63, 3.8) is 0 Å². The maximum absolute atomic E-state index is 12.3. The average molecular weight is 318 g/mol. The summed E-state index contributed by atoms with van der Waals surface area (Å²) in [7, 11) is 0. The molecule has 2 N–H and O–H groups in total. The molecule has 0 aromatic heterocycles. The molecule has 2 atom stereocenters. The second-order valence-electron chi connectivity index (χ2n) is 6.78. The Labute approximate surface area is 142 Å². The topological polar surface area (TPSA) is 41.1 Å². The van der Waals surface area contributed by atoms with Crippen LogP contribution in [0.2, 0.25) is 0 Å². The van der Waals surface area contributed by atoms with E-state index in [1.54, 1.807) is 0 Å². The van der Waals surface area contributed by atoms with Crippen LogP contribution >= 0.6 is 0 Å². The van der Waals surface area contributed by atoms with Crippen molar-refractivity contribution in [2.24, 2.45) is 0 Å². The van der Waals surface area contributed by atoms with Gasteiger partial charge in [-0.25, -0.2) is 0 Å². The molecule has 0 saturated carbocycles. The lowest BCUT2D eigenvalue weighted by Gasteiger charge is -2.25. The number of rotatable bonds is 3. The Morgan fingerprint density at radius 3 is 2.75 bits per heavy atom. The van der Waals surface area contributed by atoms with Gasteiger partial charge in [-0.15, -0.1) is 0 Å². The number of nitrogens with one attached hydrogen (secondary N) is 2. The Kier molecular flexibility index (Phi) is 3.85. The van der Waals surface area contributed by atoms with Gasteiger partial charge in [0.2, 0.25) is 5.91 Å². The standard InChI is InChI=1S/C21H22N2O/c1-14-6-8-15(9-7-14)12-21(24)22-16-10-11-20-18(13-16)17-4-2-3-5-19(17)23-20/h2-9,13,16,20,23H,10-12H2,1H3,(H,22,24). The third kappa shape index (κ3) is 2.94. The predicted octanol–water partition coefficient (Wildman–Crippen LogP) is 3.69. The van der Waals surface area contributed by atoms with Crippen molar-refractivity contribution in [2.45, 2.75) is 38.3 Å². The molecule has 0 fully saturated rings. The summed E-state index contributed by atoms with van der Waals surface area (Å²) in [5, 5.41) is 6.76. The van der Waals surface area contributed by atoms with Gasteiger partial charge < -0.3 is 10.6 Å². The third-order valence-corrected chi connectivity index (χ3v) is 4.92. The maximum Gasteiger partial charge on any atom is 0.224 e. The summed E-state index contributed by atoms with van der Waals surface area (Å²) < 4.78 is 0. The summed E-state index contributed by atoms with van der Waals surface area (Å²) in [4.78, 5) is 12.3. The van der Waals surface area contributed by atoms with E-state index in [4.69, 9.17) is 0 Å². The van der Waals surface area contributed by atoms with Crippen LogP contribution in [0.3, 0.4) is 0 Å². The van der Waals surface area contributed by atoms with Gasteiger partial charge in [0.15, 0.2) is 0 Å². The first-order valence-corrected chi connectivity index (χ1v) is 8.61. The van der Waals surface area contributed by atoms with E-state index in [-0.39, 0.29) is 11.9 Å². The highest BCUT2D eigenvalue weighted by atomic mass is 16.1. The van der Waals surface area contributed by atoms with Crippen molar-refractivity contribution in [2.75, 3.05) is 5.32 Å². The van der Waals surface area contributed by atoms with E-state index in [9.17, 15) is 4.79 Å². The van der Waals surface area contributed by atoms with Gasteiger partial charge in [-0.2, -0.15) is 0 Å². The molecule has 0 spiro atoms. The van der Waals surface area contributed by atoms with Crippen LogP contribution in [0, 0.1) is 6.92 Å². The Morgan fingerprint density at radius 1 is 1.12 bits per heavy atom. The number of amides is 1. The molecule has 2 aromatic rings. The molecule has 1 amide bonds. The van der Waals surface area contributed by atoms with E-state index in [1.807, 2.05) is 12.1 Å². The Balaban J connectivity index is 1.45. The number of carbonyl (C=O) groups excluding carboxylic acids is 1. The average Bonchev–Trinajstić information content (AvgIpc) is 2.95. The van der Waals surface area contributed by atoms with Gasteiger partial charge >= 0.3 is 0 Å². The van der Waals surface area contributed by atoms with Crippen LogP contribution in [-0.2, 0) is 11.2 Å². The van der Waals surface area contributed by atoms with E-state index in [2.05, 4.69) is 60.0 Å². The summed E-state index contributed by atoms with van der Waals surface area (Å²) in [6.45, 7) is 2.06. The summed E-state index contributed by atoms with van der Waals surface area (Å²) in [6.07, 6.45) is 4.71. The van der Waals surface area contributed by atoms with Crippen LogP contribution in [0.15, 0.2) is 54.6 Å². The first kappa shape index (κ1) is 15.0. The van der Waals surface area contributed by atoms with Crippen molar-refractivity contribution in [1.82, 2.24) is 5.32 Å². The predicted molar refractivity (Wildman–Crippen MR) is 97.9 cm³/mol. The summed E-state index contributed by atoms with van der Waals surface area (Å²) in [5.41, 5.74) is 6.10. The van der Waals surface area contributed by atoms with Crippen molar-refractivity contribution in [1.29, 1.82) is 0 Å². The number of aryl methyl sites for hydroxylation is 1. The molecule has 0 bridgehead atoms. The minimum Gasteiger partial charge on any atom is -0.378 e. The maximum atomic E-state index is 12.3. The van der Waals surface area contributed by atoms with Crippen LogP contribution < -0.4 is 10.6 Å². The fraction of sp³-hybridized carbons (Fsp3) is 0.286. The van der Waals surface area contributed by atoms with Crippen LogP contribution in [0.5, 0.6) is 0 Å². The van der Waals surface area contributed by atoms with Gasteiger partial charge in [0.25, 0.3) is 0 Å². The SMILES string of the molecule is Cc1ccc(CC(=O)NC2C=C3c4ccccc4NC3CC2)cc1. The molecule has 3 heteroatoms. The smallest absolute Gasteiger partial charge is 0.224 e. The van der Waals surface area contributed by atoms with Gasteiger partial charge in [-0.1, -0.05) is 54.1 Å². The molecule has 1 aliphatic heterocycles. The van der Waals surface area contributed by atoms with Gasteiger partial charge in [0, 0.05) is 17.3 Å². The third-order valence-electron chi connectivity index (χ3n) is 4.92. The summed E-state index contributed by atoms with van der Waals surface area (Å²) in [6, 6.07) is 17.1. The molecule has 1 heterocycles. The minimum atomic E-state index is 0.0957. The quantitative estimate of drug-likeness (QED) is 0.906. The molecule has 2 aromatic carbocycles. The highest BCUT2D eigenvalue weighted by Crippen LogP contribution is 2.39. The Morgan fingerprint density at radius 2 is 1.92 bits per heavy atom. The number of carbonyl (C=O) groups is 1. The van der Waals surface area contributed by atoms with Gasteiger partial charge in [0.05, 0.1) is 12.5 Å². The molecule has 2 aliphatic rings. The zero-order valence-electron chi connectivity index (χ0n) is 13.9. The lowest BCUT2D eigenvalue weighted by atomic mass is 9.89. The van der Waals surface area contributed by atoms with Crippen LogP contribution in [0.25, 0.3) is 5.57 Å². The van der Waals surface area contributed by atoms with Gasteiger partial charge in [-0.3, -0.25) is 4.79 Å². The Hall–Kier alpha value is -2.55. The number of anilines is 1. The molecule has 0 saturated heterocycles. The lowest BCUT2D eigenvalue weighted by molar-refractivity contribution is -0.120. The molecule has 0 radical (unpaired) electrons. The Bertz CT molecular complexity index is 792. The number of hydrogen-bond donors (Lipinski definition) is 2. The lowest BCUT2D eigenvalue weighted by Crippen LogP contribution is -2.38. The number of benzene rings is 2. The van der Waals surface area contributed by atoms with Crippen molar-refractivity contribution in [3.8, 4) is 0 Å². The molecule has 122 valence electrons. The normalized spacial score (nSPS) is 21.3. The van der Waals surface area contributed by atoms with E-state index in [0.717, 1.165) is 18.4 Å². The van der Waals surface area contributed by atoms with Gasteiger partial charge in [0.1, 0.15) is 0 Å². The number of fused-ring (bicyclic) bond motifs is 3. The monoisotopic (exact) mass is 318 g/mol. The largest absolute Gasteiger partial charge is 0.378 e. The zero-order valence-corrected chi connectivity index (χ0v) is 13.9. The fourth-order valence-electron chi connectivity index (χ4n) is 3.66. The molecule has 3 nitrogen and oxygen atoms in total. The first-order chi connectivity index (χ1) is 11.7. The molecule has 1 aliphatic carbocycles. The van der Waals surface area contributed by atoms with E-state index >= 15 is 0 Å². The highest BCUT2D eigenvalue weighted by Gasteiger charge is 2.30. The number of para-hydroxylation sites is 1. The molecular weight excluding hydrogens is 296 g/mol.